The number of ether oxygens (including phenoxy) is 1. The van der Waals surface area contributed by atoms with Gasteiger partial charge in [-0.3, -0.25) is 4.79 Å². The number of amides is 1. The van der Waals surface area contributed by atoms with Crippen LogP contribution in [0.3, 0.4) is 0 Å². The van der Waals surface area contributed by atoms with E-state index in [1.165, 1.54) is 0 Å². The Hall–Kier alpha value is -2.76. The van der Waals surface area contributed by atoms with Gasteiger partial charge in [-0.15, -0.1) is 11.8 Å². The van der Waals surface area contributed by atoms with E-state index in [0.717, 1.165) is 39.0 Å². The van der Waals surface area contributed by atoms with Gasteiger partial charge >= 0.3 is 0 Å². The highest BCUT2D eigenvalue weighted by Gasteiger charge is 2.04. The van der Waals surface area contributed by atoms with Crippen LogP contribution in [0.4, 0.5) is 0 Å². The van der Waals surface area contributed by atoms with Crippen LogP contribution in [-0.4, -0.2) is 18.7 Å². The molecule has 0 aliphatic heterocycles. The van der Waals surface area contributed by atoms with E-state index >= 15 is 0 Å². The van der Waals surface area contributed by atoms with E-state index in [2.05, 4.69) is 17.5 Å². The quantitative estimate of drug-likeness (QED) is 0.246. The molecule has 3 aromatic carbocycles. The van der Waals surface area contributed by atoms with Crippen LogP contribution in [-0.2, 0) is 5.75 Å². The van der Waals surface area contributed by atoms with E-state index in [1.807, 2.05) is 72.8 Å². The molecular formula is C24H23ClN2O2S. The lowest BCUT2D eigenvalue weighted by Crippen LogP contribution is -2.17. The second-order valence-corrected chi connectivity index (χ2v) is 8.04. The van der Waals surface area contributed by atoms with Gasteiger partial charge in [0.05, 0.1) is 12.8 Å². The van der Waals surface area contributed by atoms with Crippen LogP contribution < -0.4 is 10.2 Å². The maximum atomic E-state index is 12.3. The van der Waals surface area contributed by atoms with Crippen molar-refractivity contribution >= 4 is 35.5 Å². The summed E-state index contributed by atoms with van der Waals surface area (Å²) >= 11 is 7.63. The summed E-state index contributed by atoms with van der Waals surface area (Å²) in [6.07, 6.45) is 2.58. The predicted molar refractivity (Wildman–Crippen MR) is 125 cm³/mol. The number of hydrogen-bond acceptors (Lipinski definition) is 4. The maximum absolute atomic E-state index is 12.3. The summed E-state index contributed by atoms with van der Waals surface area (Å²) in [5.74, 6) is 1.40. The van der Waals surface area contributed by atoms with Crippen LogP contribution in [0, 0.1) is 0 Å². The van der Waals surface area contributed by atoms with Crippen LogP contribution in [0.15, 0.2) is 82.8 Å². The molecule has 0 spiro atoms. The van der Waals surface area contributed by atoms with E-state index in [0.29, 0.717) is 12.2 Å². The molecule has 4 nitrogen and oxygen atoms in total. The zero-order valence-corrected chi connectivity index (χ0v) is 18.2. The Morgan fingerprint density at radius 1 is 1.03 bits per heavy atom. The SMILES string of the molecule is CCCOc1ccc(/C=N/NC(=O)c2ccc(CSc3ccc(Cl)cc3)cc2)cc1. The monoisotopic (exact) mass is 438 g/mol. The highest BCUT2D eigenvalue weighted by molar-refractivity contribution is 7.98. The Balaban J connectivity index is 1.48. The molecule has 6 heteroatoms. The zero-order chi connectivity index (χ0) is 21.2. The molecule has 0 unspecified atom stereocenters. The Labute approximate surface area is 186 Å². The molecule has 0 heterocycles. The molecule has 0 fully saturated rings. The smallest absolute Gasteiger partial charge is 0.271 e. The fourth-order valence-electron chi connectivity index (χ4n) is 2.55. The number of carbonyl (C=O) groups is 1. The summed E-state index contributed by atoms with van der Waals surface area (Å²) in [6, 6.07) is 22.9. The van der Waals surface area contributed by atoms with E-state index in [4.69, 9.17) is 16.3 Å². The molecule has 154 valence electrons. The number of hydrogen-bond donors (Lipinski definition) is 1. The van der Waals surface area contributed by atoms with Crippen molar-refractivity contribution in [2.45, 2.75) is 24.0 Å². The standard InChI is InChI=1S/C24H23ClN2O2S/c1-2-15-29-22-11-5-18(6-12-22)16-26-27-24(28)20-7-3-19(4-8-20)17-30-23-13-9-21(25)10-14-23/h3-14,16H,2,15,17H2,1H3,(H,27,28)/b26-16+. The molecule has 1 N–H and O–H groups in total. The molecule has 0 saturated heterocycles. The summed E-state index contributed by atoms with van der Waals surface area (Å²) in [4.78, 5) is 13.4. The minimum absolute atomic E-state index is 0.244. The van der Waals surface area contributed by atoms with Gasteiger partial charge in [-0.05, 0) is 78.2 Å². The summed E-state index contributed by atoms with van der Waals surface area (Å²) in [5.41, 5.74) is 5.15. The van der Waals surface area contributed by atoms with Crippen LogP contribution >= 0.6 is 23.4 Å². The molecule has 0 radical (unpaired) electrons. The molecule has 0 aliphatic rings. The molecule has 1 amide bonds. The second kappa shape index (κ2) is 11.4. The summed E-state index contributed by atoms with van der Waals surface area (Å²) < 4.78 is 5.55. The average Bonchev–Trinajstić information content (AvgIpc) is 2.78. The van der Waals surface area contributed by atoms with Crippen molar-refractivity contribution in [3.63, 3.8) is 0 Å². The van der Waals surface area contributed by atoms with Gasteiger partial charge in [0, 0.05) is 21.2 Å². The van der Waals surface area contributed by atoms with Gasteiger partial charge in [0.2, 0.25) is 0 Å². The van der Waals surface area contributed by atoms with Crippen molar-refractivity contribution < 1.29 is 9.53 Å². The lowest BCUT2D eigenvalue weighted by molar-refractivity contribution is 0.0955. The van der Waals surface area contributed by atoms with Crippen molar-refractivity contribution in [1.29, 1.82) is 0 Å². The lowest BCUT2D eigenvalue weighted by Gasteiger charge is -2.05. The van der Waals surface area contributed by atoms with Crippen LogP contribution in [0.25, 0.3) is 0 Å². The number of benzene rings is 3. The third-order valence-electron chi connectivity index (χ3n) is 4.17. The van der Waals surface area contributed by atoms with Crippen LogP contribution in [0.1, 0.15) is 34.8 Å². The van der Waals surface area contributed by atoms with E-state index in [-0.39, 0.29) is 5.91 Å². The highest BCUT2D eigenvalue weighted by atomic mass is 35.5. The Bertz CT molecular complexity index is 972. The van der Waals surface area contributed by atoms with Gasteiger partial charge < -0.3 is 4.74 Å². The van der Waals surface area contributed by atoms with Gasteiger partial charge in [0.25, 0.3) is 5.91 Å². The van der Waals surface area contributed by atoms with E-state index in [9.17, 15) is 4.79 Å². The molecule has 0 bridgehead atoms. The number of hydrazone groups is 1. The molecule has 0 atom stereocenters. The molecule has 0 aromatic heterocycles. The van der Waals surface area contributed by atoms with E-state index < -0.39 is 0 Å². The summed E-state index contributed by atoms with van der Waals surface area (Å²) in [7, 11) is 0. The predicted octanol–water partition coefficient (Wildman–Crippen LogP) is 6.19. The summed E-state index contributed by atoms with van der Waals surface area (Å²) in [6.45, 7) is 2.76. The van der Waals surface area contributed by atoms with Crippen LogP contribution in [0.2, 0.25) is 5.02 Å². The molecule has 0 aliphatic carbocycles. The van der Waals surface area contributed by atoms with E-state index in [1.54, 1.807) is 18.0 Å². The molecule has 0 saturated carbocycles. The molecule has 30 heavy (non-hydrogen) atoms. The fourth-order valence-corrected chi connectivity index (χ4v) is 3.53. The Morgan fingerprint density at radius 3 is 2.40 bits per heavy atom. The first-order chi connectivity index (χ1) is 14.6. The van der Waals surface area contributed by atoms with Crippen molar-refractivity contribution in [2.75, 3.05) is 6.61 Å². The number of rotatable bonds is 9. The fraction of sp³-hybridized carbons (Fsp3) is 0.167. The third-order valence-corrected chi connectivity index (χ3v) is 5.50. The third kappa shape index (κ3) is 6.94. The molecule has 3 rings (SSSR count). The Morgan fingerprint density at radius 2 is 1.73 bits per heavy atom. The van der Waals surface area contributed by atoms with Crippen molar-refractivity contribution in [2.24, 2.45) is 5.10 Å². The maximum Gasteiger partial charge on any atom is 0.271 e. The number of halogens is 1. The lowest BCUT2D eigenvalue weighted by atomic mass is 10.1. The first-order valence-corrected chi connectivity index (χ1v) is 11.0. The first-order valence-electron chi connectivity index (χ1n) is 9.67. The van der Waals surface area contributed by atoms with Gasteiger partial charge in [0.15, 0.2) is 0 Å². The van der Waals surface area contributed by atoms with Crippen molar-refractivity contribution in [3.05, 3.63) is 94.5 Å². The highest BCUT2D eigenvalue weighted by Crippen LogP contribution is 2.24. The first kappa shape index (κ1) is 21.9. The topological polar surface area (TPSA) is 50.7 Å². The number of nitrogens with one attached hydrogen (secondary N) is 1. The largest absolute Gasteiger partial charge is 0.494 e. The van der Waals surface area contributed by atoms with Crippen LogP contribution in [0.5, 0.6) is 5.75 Å². The van der Waals surface area contributed by atoms with Crippen molar-refractivity contribution in [1.82, 2.24) is 5.43 Å². The van der Waals surface area contributed by atoms with Gasteiger partial charge in [-0.2, -0.15) is 5.10 Å². The number of thioether (sulfide) groups is 1. The average molecular weight is 439 g/mol. The normalized spacial score (nSPS) is 10.9. The van der Waals surface area contributed by atoms with Gasteiger partial charge in [-0.1, -0.05) is 30.7 Å². The van der Waals surface area contributed by atoms with Crippen molar-refractivity contribution in [3.8, 4) is 5.75 Å². The zero-order valence-electron chi connectivity index (χ0n) is 16.7. The Kier molecular flexibility index (Phi) is 8.36. The van der Waals surface area contributed by atoms with Gasteiger partial charge in [-0.25, -0.2) is 5.43 Å². The number of carbonyl (C=O) groups excluding carboxylic acids is 1. The number of nitrogens with zero attached hydrogens (tertiary/aromatic N) is 1. The minimum Gasteiger partial charge on any atom is -0.494 e. The molecular weight excluding hydrogens is 416 g/mol. The summed E-state index contributed by atoms with van der Waals surface area (Å²) in [5, 5.41) is 4.77. The minimum atomic E-state index is -0.244. The van der Waals surface area contributed by atoms with Gasteiger partial charge in [0.1, 0.15) is 5.75 Å². The second-order valence-electron chi connectivity index (χ2n) is 6.56. The molecule has 3 aromatic rings.